The molecule has 43 heavy (non-hydrogen) atoms. The van der Waals surface area contributed by atoms with Crippen LogP contribution >= 0.6 is 11.3 Å². The van der Waals surface area contributed by atoms with E-state index in [9.17, 15) is 23.9 Å². The van der Waals surface area contributed by atoms with Crippen LogP contribution in [0.15, 0.2) is 40.2 Å². The summed E-state index contributed by atoms with van der Waals surface area (Å²) < 4.78 is 28.4. The number of halogens is 1. The Balaban J connectivity index is 2.04. The van der Waals surface area contributed by atoms with Gasteiger partial charge in [-0.3, -0.25) is 14.2 Å². The van der Waals surface area contributed by atoms with Crippen molar-refractivity contribution in [3.05, 3.63) is 68.4 Å². The Morgan fingerprint density at radius 2 is 1.81 bits per heavy atom. The summed E-state index contributed by atoms with van der Waals surface area (Å²) in [5, 5.41) is 22.3. The number of fused-ring (bicyclic) bond motifs is 1. The van der Waals surface area contributed by atoms with E-state index in [1.807, 2.05) is 0 Å². The van der Waals surface area contributed by atoms with Gasteiger partial charge in [0.2, 0.25) is 5.91 Å². The van der Waals surface area contributed by atoms with Crippen molar-refractivity contribution in [3.8, 4) is 10.8 Å². The first-order valence-corrected chi connectivity index (χ1v) is 14.5. The Kier molecular flexibility index (Phi) is 8.95. The lowest BCUT2D eigenvalue weighted by molar-refractivity contribution is -0.129. The normalized spacial score (nSPS) is 13.1. The van der Waals surface area contributed by atoms with Crippen LogP contribution in [-0.2, 0) is 21.6 Å². The second-order valence-corrected chi connectivity index (χ2v) is 12.7. The third-order valence-electron chi connectivity index (χ3n) is 6.85. The fraction of sp³-hybridized carbons (Fsp3) is 0.483. The van der Waals surface area contributed by atoms with Crippen molar-refractivity contribution < 1.29 is 23.8 Å². The number of nitrogens with one attached hydrogen (secondary N) is 1. The maximum Gasteiger partial charge on any atom is 0.333 e. The third kappa shape index (κ3) is 6.40. The lowest BCUT2D eigenvalue weighted by atomic mass is 10.0. The molecule has 0 bridgehead atoms. The average Bonchev–Trinajstić information content (AvgIpc) is 3.55. The first-order valence-electron chi connectivity index (χ1n) is 13.7. The highest BCUT2D eigenvalue weighted by Gasteiger charge is 2.36. The molecule has 0 spiro atoms. The van der Waals surface area contributed by atoms with Gasteiger partial charge in [0.1, 0.15) is 33.0 Å². The number of methoxy groups -OCH3 is 1. The number of rotatable bonds is 11. The van der Waals surface area contributed by atoms with E-state index < -0.39 is 40.2 Å². The molecule has 0 unspecified atom stereocenters. The number of hydrogen-bond donors (Lipinski definition) is 2. The number of amides is 1. The molecule has 232 valence electrons. The quantitative estimate of drug-likeness (QED) is 0.262. The van der Waals surface area contributed by atoms with Crippen LogP contribution in [0.3, 0.4) is 0 Å². The van der Waals surface area contributed by atoms with Crippen LogP contribution < -0.4 is 21.3 Å². The number of hydrogen-bond acceptors (Lipinski definition) is 9. The summed E-state index contributed by atoms with van der Waals surface area (Å²) in [6.45, 7) is 11.0. The summed E-state index contributed by atoms with van der Waals surface area (Å²) in [6.07, 6.45) is 1.97. The van der Waals surface area contributed by atoms with Crippen LogP contribution in [0.1, 0.15) is 58.8 Å². The number of carbonyl (C=O) groups is 1. The zero-order chi connectivity index (χ0) is 31.9. The van der Waals surface area contributed by atoms with Gasteiger partial charge in [0, 0.05) is 17.2 Å². The van der Waals surface area contributed by atoms with Crippen LogP contribution in [0.4, 0.5) is 4.39 Å². The van der Waals surface area contributed by atoms with Crippen LogP contribution in [0, 0.1) is 12.7 Å². The summed E-state index contributed by atoms with van der Waals surface area (Å²) in [5.74, 6) is -0.767. The molecule has 0 saturated heterocycles. The van der Waals surface area contributed by atoms with E-state index in [2.05, 4.69) is 15.5 Å². The second kappa shape index (κ2) is 12.0. The highest BCUT2D eigenvalue weighted by molar-refractivity contribution is 7.21. The molecule has 0 aliphatic rings. The Bertz CT molecular complexity index is 1750. The Morgan fingerprint density at radius 1 is 1.16 bits per heavy atom. The molecular formula is C29H37FN6O6S. The molecule has 0 aliphatic carbocycles. The molecule has 4 aromatic rings. The average molecular weight is 617 g/mol. The maximum atomic E-state index is 14.5. The van der Waals surface area contributed by atoms with Gasteiger partial charge in [0.25, 0.3) is 5.56 Å². The van der Waals surface area contributed by atoms with E-state index >= 15 is 0 Å². The van der Waals surface area contributed by atoms with Gasteiger partial charge in [0.15, 0.2) is 0 Å². The summed E-state index contributed by atoms with van der Waals surface area (Å²) in [6, 6.07) is 3.68. The molecule has 12 nitrogen and oxygen atoms in total. The van der Waals surface area contributed by atoms with Crippen molar-refractivity contribution in [2.24, 2.45) is 0 Å². The Morgan fingerprint density at radius 3 is 2.40 bits per heavy atom. The molecule has 0 radical (unpaired) electrons. The molecule has 0 saturated carbocycles. The number of nitrogens with zero attached hydrogens (tertiary/aromatic N) is 5. The standard InChI is InChI=1S/C29H37FN6O6S/c1-16(2)33-26(38)29(6,7)35-23(37)22-17(3)24(36-31-11-12-32-36)43-25(22)34(27(35)39)14-21(42-15-28(4,5)40)19-13-18(30)9-10-20(19)41-8/h9-13,16,21,40H,14-15H2,1-8H3,(H,33,38)/t21-/m0/s1. The molecule has 1 atom stereocenters. The summed E-state index contributed by atoms with van der Waals surface area (Å²) >= 11 is 1.13. The number of benzene rings is 1. The van der Waals surface area contributed by atoms with Gasteiger partial charge >= 0.3 is 5.69 Å². The van der Waals surface area contributed by atoms with Gasteiger partial charge in [-0.2, -0.15) is 10.2 Å². The van der Waals surface area contributed by atoms with Crippen molar-refractivity contribution in [2.75, 3.05) is 13.7 Å². The van der Waals surface area contributed by atoms with Crippen molar-refractivity contribution in [1.29, 1.82) is 0 Å². The maximum absolute atomic E-state index is 14.5. The fourth-order valence-corrected chi connectivity index (χ4v) is 5.93. The minimum atomic E-state index is -1.59. The van der Waals surface area contributed by atoms with Crippen LogP contribution in [0.2, 0.25) is 0 Å². The number of aromatic nitrogens is 5. The summed E-state index contributed by atoms with van der Waals surface area (Å²) in [4.78, 5) is 43.4. The molecule has 4 rings (SSSR count). The van der Waals surface area contributed by atoms with Crippen molar-refractivity contribution in [1.82, 2.24) is 29.4 Å². The number of carbonyl (C=O) groups excluding carboxylic acids is 1. The number of aryl methyl sites for hydroxylation is 1. The highest BCUT2D eigenvalue weighted by atomic mass is 32.1. The highest BCUT2D eigenvalue weighted by Crippen LogP contribution is 2.34. The second-order valence-electron chi connectivity index (χ2n) is 11.8. The van der Waals surface area contributed by atoms with Crippen LogP contribution in [0.25, 0.3) is 15.2 Å². The largest absolute Gasteiger partial charge is 0.496 e. The van der Waals surface area contributed by atoms with Gasteiger partial charge in [-0.25, -0.2) is 13.8 Å². The van der Waals surface area contributed by atoms with E-state index in [0.717, 1.165) is 15.9 Å². The monoisotopic (exact) mass is 616 g/mol. The molecule has 0 fully saturated rings. The van der Waals surface area contributed by atoms with Gasteiger partial charge in [-0.1, -0.05) is 11.3 Å². The van der Waals surface area contributed by atoms with E-state index in [1.54, 1.807) is 34.6 Å². The molecule has 1 amide bonds. The van der Waals surface area contributed by atoms with Crippen molar-refractivity contribution >= 4 is 27.5 Å². The lowest BCUT2D eigenvalue weighted by Crippen LogP contribution is -2.56. The first-order chi connectivity index (χ1) is 20.1. The number of thiophene rings is 1. The third-order valence-corrected chi connectivity index (χ3v) is 8.13. The number of aliphatic hydroxyl groups is 1. The SMILES string of the molecule is COc1ccc(F)cc1[C@H](Cn1c(=O)n(C(C)(C)C(=O)NC(C)C)c(=O)c2c(C)c(-n3nccn3)sc21)OCC(C)(C)O. The first kappa shape index (κ1) is 32.0. The molecule has 0 aliphatic heterocycles. The molecule has 2 N–H and O–H groups in total. The van der Waals surface area contributed by atoms with Gasteiger partial charge < -0.3 is 19.9 Å². The number of ether oxygens (including phenoxy) is 2. The van der Waals surface area contributed by atoms with Crippen molar-refractivity contribution in [2.45, 2.75) is 78.3 Å². The Hall–Kier alpha value is -3.88. The van der Waals surface area contributed by atoms with Gasteiger partial charge in [-0.15, -0.1) is 4.80 Å². The zero-order valence-electron chi connectivity index (χ0n) is 25.5. The predicted molar refractivity (Wildman–Crippen MR) is 161 cm³/mol. The lowest BCUT2D eigenvalue weighted by Gasteiger charge is -2.29. The van der Waals surface area contributed by atoms with Crippen LogP contribution in [0.5, 0.6) is 5.75 Å². The van der Waals surface area contributed by atoms with Crippen LogP contribution in [-0.4, -0.2) is 60.5 Å². The van der Waals surface area contributed by atoms with Crippen molar-refractivity contribution in [3.63, 3.8) is 0 Å². The topological polar surface area (TPSA) is 142 Å². The summed E-state index contributed by atoms with van der Waals surface area (Å²) in [5.41, 5.74) is -3.45. The van der Waals surface area contributed by atoms with E-state index in [-0.39, 0.29) is 24.6 Å². The minimum Gasteiger partial charge on any atom is -0.496 e. The smallest absolute Gasteiger partial charge is 0.333 e. The summed E-state index contributed by atoms with van der Waals surface area (Å²) in [7, 11) is 1.43. The van der Waals surface area contributed by atoms with E-state index in [1.165, 1.54) is 60.9 Å². The molecule has 1 aromatic carbocycles. The predicted octanol–water partition coefficient (Wildman–Crippen LogP) is 3.05. The Labute approximate surface area is 251 Å². The zero-order valence-corrected chi connectivity index (χ0v) is 26.3. The van der Waals surface area contributed by atoms with Gasteiger partial charge in [-0.05, 0) is 66.7 Å². The van der Waals surface area contributed by atoms with Gasteiger partial charge in [0.05, 0.1) is 43.6 Å². The molecule has 3 aromatic heterocycles. The van der Waals surface area contributed by atoms with E-state index in [4.69, 9.17) is 9.47 Å². The minimum absolute atomic E-state index is 0.164. The molecule has 3 heterocycles. The fourth-order valence-electron chi connectivity index (χ4n) is 4.71. The van der Waals surface area contributed by atoms with E-state index in [0.29, 0.717) is 26.7 Å². The molecular weight excluding hydrogens is 579 g/mol. The molecule has 14 heteroatoms.